The van der Waals surface area contributed by atoms with E-state index >= 15 is 0 Å². The predicted octanol–water partition coefficient (Wildman–Crippen LogP) is 4.94. The Kier molecular flexibility index (Phi) is 4.79. The molecule has 18 heavy (non-hydrogen) atoms. The number of anilines is 1. The van der Waals surface area contributed by atoms with Gasteiger partial charge in [-0.05, 0) is 18.3 Å². The van der Waals surface area contributed by atoms with Crippen LogP contribution < -0.4 is 4.90 Å². The molecule has 1 aliphatic rings. The molecular weight excluding hydrogens is 287 g/mol. The van der Waals surface area contributed by atoms with Gasteiger partial charge >= 0.3 is 0 Å². The molecule has 2 heterocycles. The molecule has 0 unspecified atom stereocenters. The smallest absolute Gasteiger partial charge is 0.187 e. The Balaban J connectivity index is 2.05. The van der Waals surface area contributed by atoms with Crippen molar-refractivity contribution in [1.82, 2.24) is 4.98 Å². The maximum Gasteiger partial charge on any atom is 0.187 e. The highest BCUT2D eigenvalue weighted by molar-refractivity contribution is 7.16. The van der Waals surface area contributed by atoms with Crippen molar-refractivity contribution in [2.24, 2.45) is 5.41 Å². The van der Waals surface area contributed by atoms with E-state index in [2.05, 4.69) is 23.7 Å². The van der Waals surface area contributed by atoms with Crippen molar-refractivity contribution in [2.75, 3.05) is 18.0 Å². The van der Waals surface area contributed by atoms with Crippen LogP contribution in [-0.2, 0) is 5.88 Å². The number of piperidine rings is 1. The molecule has 102 valence electrons. The molecule has 0 aliphatic carbocycles. The standard InChI is InChI=1S/C13H20Cl2N2S/c1-3-13(4-2)5-7-17(8-6-13)12-16-11(15)10(9-14)18-12/h3-9H2,1-2H3. The third-order valence-electron chi connectivity index (χ3n) is 4.35. The number of hydrogen-bond donors (Lipinski definition) is 0. The van der Waals surface area contributed by atoms with Gasteiger partial charge in [-0.15, -0.1) is 11.6 Å². The third kappa shape index (κ3) is 2.78. The first-order valence-corrected chi connectivity index (χ1v) is 8.33. The molecule has 1 aliphatic heterocycles. The van der Waals surface area contributed by atoms with E-state index in [9.17, 15) is 0 Å². The number of thiazole rings is 1. The number of hydrogen-bond acceptors (Lipinski definition) is 3. The van der Waals surface area contributed by atoms with Crippen LogP contribution in [0.3, 0.4) is 0 Å². The Morgan fingerprint density at radius 2 is 1.89 bits per heavy atom. The van der Waals surface area contributed by atoms with E-state index in [1.165, 1.54) is 25.7 Å². The quantitative estimate of drug-likeness (QED) is 0.732. The zero-order valence-corrected chi connectivity index (χ0v) is 13.3. The molecule has 1 aromatic heterocycles. The lowest BCUT2D eigenvalue weighted by Crippen LogP contribution is -2.39. The highest BCUT2D eigenvalue weighted by Crippen LogP contribution is 2.40. The van der Waals surface area contributed by atoms with Crippen molar-refractivity contribution in [3.63, 3.8) is 0 Å². The average Bonchev–Trinajstić information content (AvgIpc) is 2.80. The van der Waals surface area contributed by atoms with Crippen LogP contribution in [0.2, 0.25) is 5.15 Å². The van der Waals surface area contributed by atoms with Crippen molar-refractivity contribution < 1.29 is 0 Å². The first kappa shape index (κ1) is 14.4. The molecule has 1 fully saturated rings. The fourth-order valence-corrected chi connectivity index (χ4v) is 4.19. The second kappa shape index (κ2) is 5.98. The molecule has 1 saturated heterocycles. The van der Waals surface area contributed by atoms with Crippen LogP contribution in [0.5, 0.6) is 0 Å². The number of aromatic nitrogens is 1. The molecule has 0 bridgehead atoms. The summed E-state index contributed by atoms with van der Waals surface area (Å²) in [7, 11) is 0. The fraction of sp³-hybridized carbons (Fsp3) is 0.769. The number of nitrogens with zero attached hydrogens (tertiary/aromatic N) is 2. The highest BCUT2D eigenvalue weighted by atomic mass is 35.5. The van der Waals surface area contributed by atoms with Crippen molar-refractivity contribution in [1.29, 1.82) is 0 Å². The van der Waals surface area contributed by atoms with E-state index in [1.54, 1.807) is 11.3 Å². The largest absolute Gasteiger partial charge is 0.348 e. The van der Waals surface area contributed by atoms with Gasteiger partial charge in [-0.25, -0.2) is 4.98 Å². The summed E-state index contributed by atoms with van der Waals surface area (Å²) in [6.07, 6.45) is 5.08. The number of rotatable bonds is 4. The second-order valence-electron chi connectivity index (χ2n) is 5.04. The zero-order chi connectivity index (χ0) is 13.2. The van der Waals surface area contributed by atoms with Gasteiger partial charge in [0, 0.05) is 13.1 Å². The first-order valence-electron chi connectivity index (χ1n) is 6.60. The average molecular weight is 307 g/mol. The third-order valence-corrected chi connectivity index (χ3v) is 6.32. The Morgan fingerprint density at radius 3 is 2.33 bits per heavy atom. The lowest BCUT2D eigenvalue weighted by Gasteiger charge is -2.40. The molecule has 0 spiro atoms. The highest BCUT2D eigenvalue weighted by Gasteiger charge is 2.32. The lowest BCUT2D eigenvalue weighted by molar-refractivity contribution is 0.199. The van der Waals surface area contributed by atoms with Crippen molar-refractivity contribution >= 4 is 39.7 Å². The van der Waals surface area contributed by atoms with Gasteiger partial charge in [0.05, 0.1) is 10.8 Å². The van der Waals surface area contributed by atoms with Crippen LogP contribution in [0.15, 0.2) is 0 Å². The molecule has 5 heteroatoms. The summed E-state index contributed by atoms with van der Waals surface area (Å²) >= 11 is 13.5. The van der Waals surface area contributed by atoms with Crippen LogP contribution in [0, 0.1) is 5.41 Å². The summed E-state index contributed by atoms with van der Waals surface area (Å²) in [5, 5.41) is 1.62. The Hall–Kier alpha value is 0.01000. The van der Waals surface area contributed by atoms with E-state index in [4.69, 9.17) is 23.2 Å². The summed E-state index contributed by atoms with van der Waals surface area (Å²) in [4.78, 5) is 7.77. The van der Waals surface area contributed by atoms with Gasteiger partial charge in [-0.3, -0.25) is 0 Å². The Bertz CT molecular complexity index is 392. The second-order valence-corrected chi connectivity index (χ2v) is 6.73. The predicted molar refractivity (Wildman–Crippen MR) is 81.1 cm³/mol. The molecule has 1 aromatic rings. The topological polar surface area (TPSA) is 16.1 Å². The Labute approximate surface area is 123 Å². The number of halogens is 2. The van der Waals surface area contributed by atoms with Gasteiger partial charge in [0.25, 0.3) is 0 Å². The van der Waals surface area contributed by atoms with E-state index < -0.39 is 0 Å². The number of alkyl halides is 1. The van der Waals surface area contributed by atoms with Crippen molar-refractivity contribution in [3.05, 3.63) is 10.0 Å². The molecule has 0 aromatic carbocycles. The van der Waals surface area contributed by atoms with Gasteiger partial charge in [0.15, 0.2) is 5.13 Å². The summed E-state index contributed by atoms with van der Waals surface area (Å²) < 4.78 is 0. The van der Waals surface area contributed by atoms with E-state index in [0.29, 0.717) is 16.4 Å². The molecule has 0 N–H and O–H groups in total. The molecule has 0 saturated carbocycles. The van der Waals surface area contributed by atoms with Gasteiger partial charge < -0.3 is 4.90 Å². The van der Waals surface area contributed by atoms with Gasteiger partial charge in [-0.1, -0.05) is 49.6 Å². The molecular formula is C13H20Cl2N2S. The SMILES string of the molecule is CCC1(CC)CCN(c2nc(Cl)c(CCl)s2)CC1. The van der Waals surface area contributed by atoms with E-state index in [1.807, 2.05) is 0 Å². The van der Waals surface area contributed by atoms with Crippen LogP contribution in [0.1, 0.15) is 44.4 Å². The summed E-state index contributed by atoms with van der Waals surface area (Å²) in [5.41, 5.74) is 0.548. The summed E-state index contributed by atoms with van der Waals surface area (Å²) in [6.45, 7) is 6.80. The van der Waals surface area contributed by atoms with Crippen LogP contribution in [-0.4, -0.2) is 18.1 Å². The maximum atomic E-state index is 6.06. The summed E-state index contributed by atoms with van der Waals surface area (Å²) in [6, 6.07) is 0. The Morgan fingerprint density at radius 1 is 1.28 bits per heavy atom. The van der Waals surface area contributed by atoms with Crippen molar-refractivity contribution in [2.45, 2.75) is 45.4 Å². The minimum atomic E-state index is 0.457. The van der Waals surface area contributed by atoms with Gasteiger partial charge in [0.2, 0.25) is 0 Å². The molecule has 0 amide bonds. The van der Waals surface area contributed by atoms with Crippen molar-refractivity contribution in [3.8, 4) is 0 Å². The van der Waals surface area contributed by atoms with Crippen LogP contribution in [0.25, 0.3) is 0 Å². The summed E-state index contributed by atoms with van der Waals surface area (Å²) in [5.74, 6) is 0.457. The van der Waals surface area contributed by atoms with E-state index in [0.717, 1.165) is 23.1 Å². The fourth-order valence-electron chi connectivity index (χ4n) is 2.67. The van der Waals surface area contributed by atoms with Crippen LogP contribution >= 0.6 is 34.5 Å². The monoisotopic (exact) mass is 306 g/mol. The van der Waals surface area contributed by atoms with Gasteiger partial charge in [-0.2, -0.15) is 0 Å². The molecule has 2 rings (SSSR count). The molecule has 0 atom stereocenters. The minimum absolute atomic E-state index is 0.457. The van der Waals surface area contributed by atoms with E-state index in [-0.39, 0.29) is 0 Å². The maximum absolute atomic E-state index is 6.06. The molecule has 0 radical (unpaired) electrons. The minimum Gasteiger partial charge on any atom is -0.348 e. The van der Waals surface area contributed by atoms with Crippen LogP contribution in [0.4, 0.5) is 5.13 Å². The normalized spacial score (nSPS) is 19.2. The van der Waals surface area contributed by atoms with Gasteiger partial charge in [0.1, 0.15) is 5.15 Å². The lowest BCUT2D eigenvalue weighted by atomic mass is 9.74. The first-order chi connectivity index (χ1) is 8.64. The molecule has 2 nitrogen and oxygen atoms in total. The zero-order valence-electron chi connectivity index (χ0n) is 11.0.